The minimum atomic E-state index is 0.133. The number of hydrogen-bond donors (Lipinski definition) is 2. The summed E-state index contributed by atoms with van der Waals surface area (Å²) in [5.74, 6) is 1.16. The van der Waals surface area contributed by atoms with Crippen LogP contribution in [-0.4, -0.2) is 31.8 Å². The molecule has 0 aliphatic rings. The lowest BCUT2D eigenvalue weighted by atomic mass is 10.0. The summed E-state index contributed by atoms with van der Waals surface area (Å²) < 4.78 is 0. The molecule has 0 aliphatic carbocycles. The van der Waals surface area contributed by atoms with Gasteiger partial charge in [0.15, 0.2) is 11.6 Å². The van der Waals surface area contributed by atoms with Gasteiger partial charge in [0.2, 0.25) is 0 Å². The van der Waals surface area contributed by atoms with E-state index in [-0.39, 0.29) is 12.4 Å². The summed E-state index contributed by atoms with van der Waals surface area (Å²) in [4.78, 5) is 13.0. The molecule has 1 heterocycles. The molecule has 0 radical (unpaired) electrons. The number of rotatable bonds is 5. The van der Waals surface area contributed by atoms with Crippen LogP contribution in [0.2, 0.25) is 0 Å². The monoisotopic (exact) mass is 335 g/mol. The number of benzene rings is 2. The number of aliphatic hydroxyl groups excluding tert-OH is 1. The highest BCUT2D eigenvalue weighted by atomic mass is 16.3. The number of aromatic nitrogens is 3. The summed E-state index contributed by atoms with van der Waals surface area (Å²) in [5, 5.41) is 19.3. The molecule has 2 N–H and O–H groups in total. The van der Waals surface area contributed by atoms with E-state index in [4.69, 9.17) is 5.11 Å². The van der Waals surface area contributed by atoms with E-state index < -0.39 is 0 Å². The van der Waals surface area contributed by atoms with Crippen LogP contribution < -0.4 is 0 Å². The lowest BCUT2D eigenvalue weighted by Crippen LogP contribution is -1.97. The minimum Gasteiger partial charge on any atom is -0.507 e. The van der Waals surface area contributed by atoms with Crippen LogP contribution in [-0.2, 0) is 6.42 Å². The molecule has 0 saturated carbocycles. The number of phenols is 1. The SMILES string of the molecule is Cc1ccc(-c2ncnc(-c3ccc(CCCO)cc3O)n2)c(C)c1. The van der Waals surface area contributed by atoms with Gasteiger partial charge in [-0.05, 0) is 49.9 Å². The van der Waals surface area contributed by atoms with Gasteiger partial charge in [-0.25, -0.2) is 15.0 Å². The zero-order valence-electron chi connectivity index (χ0n) is 14.4. The average Bonchev–Trinajstić information content (AvgIpc) is 2.60. The van der Waals surface area contributed by atoms with Crippen molar-refractivity contribution < 1.29 is 10.2 Å². The topological polar surface area (TPSA) is 79.1 Å². The molecule has 0 fully saturated rings. The Morgan fingerprint density at radius 2 is 1.64 bits per heavy atom. The Kier molecular flexibility index (Phi) is 5.05. The van der Waals surface area contributed by atoms with Gasteiger partial charge in [0, 0.05) is 12.2 Å². The molecule has 3 rings (SSSR count). The van der Waals surface area contributed by atoms with Gasteiger partial charge in [-0.1, -0.05) is 29.8 Å². The molecule has 0 aliphatic heterocycles. The fourth-order valence-corrected chi connectivity index (χ4v) is 2.83. The highest BCUT2D eigenvalue weighted by molar-refractivity contribution is 5.67. The third kappa shape index (κ3) is 3.83. The van der Waals surface area contributed by atoms with Crippen molar-refractivity contribution in [3.05, 3.63) is 59.4 Å². The highest BCUT2D eigenvalue weighted by Crippen LogP contribution is 2.29. The molecule has 5 heteroatoms. The van der Waals surface area contributed by atoms with Gasteiger partial charge in [0.05, 0.1) is 5.56 Å². The van der Waals surface area contributed by atoms with Gasteiger partial charge in [-0.15, -0.1) is 0 Å². The Balaban J connectivity index is 1.96. The zero-order valence-corrected chi connectivity index (χ0v) is 14.4. The van der Waals surface area contributed by atoms with E-state index in [9.17, 15) is 5.11 Å². The number of hydrogen-bond acceptors (Lipinski definition) is 5. The summed E-state index contributed by atoms with van der Waals surface area (Å²) in [5.41, 5.74) is 4.78. The van der Waals surface area contributed by atoms with E-state index in [1.165, 1.54) is 11.9 Å². The summed E-state index contributed by atoms with van der Waals surface area (Å²) >= 11 is 0. The van der Waals surface area contributed by atoms with Gasteiger partial charge in [0.1, 0.15) is 12.1 Å². The molecule has 0 saturated heterocycles. The highest BCUT2D eigenvalue weighted by Gasteiger charge is 2.12. The first-order chi connectivity index (χ1) is 12.1. The molecule has 0 amide bonds. The molecule has 0 bridgehead atoms. The second-order valence-corrected chi connectivity index (χ2v) is 6.13. The van der Waals surface area contributed by atoms with E-state index in [2.05, 4.69) is 21.0 Å². The number of nitrogens with zero attached hydrogens (tertiary/aromatic N) is 3. The largest absolute Gasteiger partial charge is 0.507 e. The van der Waals surface area contributed by atoms with E-state index >= 15 is 0 Å². The Morgan fingerprint density at radius 3 is 2.32 bits per heavy atom. The number of phenolic OH excluding ortho intramolecular Hbond substituents is 1. The molecule has 0 spiro atoms. The van der Waals surface area contributed by atoms with Crippen molar-refractivity contribution in [1.82, 2.24) is 15.0 Å². The Hall–Kier alpha value is -2.79. The number of aromatic hydroxyl groups is 1. The van der Waals surface area contributed by atoms with Crippen molar-refractivity contribution in [2.75, 3.05) is 6.61 Å². The van der Waals surface area contributed by atoms with Crippen LogP contribution in [0.5, 0.6) is 5.75 Å². The van der Waals surface area contributed by atoms with Crippen molar-refractivity contribution in [3.8, 4) is 28.5 Å². The smallest absolute Gasteiger partial charge is 0.167 e. The van der Waals surface area contributed by atoms with Crippen molar-refractivity contribution in [1.29, 1.82) is 0 Å². The zero-order chi connectivity index (χ0) is 17.8. The molecule has 5 nitrogen and oxygen atoms in total. The van der Waals surface area contributed by atoms with E-state index in [0.717, 1.165) is 23.1 Å². The first-order valence-corrected chi connectivity index (χ1v) is 8.28. The summed E-state index contributed by atoms with van der Waals surface area (Å²) in [6.07, 6.45) is 2.85. The van der Waals surface area contributed by atoms with E-state index in [0.29, 0.717) is 23.6 Å². The molecule has 1 aromatic heterocycles. The van der Waals surface area contributed by atoms with Gasteiger partial charge >= 0.3 is 0 Å². The summed E-state index contributed by atoms with van der Waals surface area (Å²) in [7, 11) is 0. The van der Waals surface area contributed by atoms with Crippen LogP contribution in [0.15, 0.2) is 42.7 Å². The molecule has 2 aromatic carbocycles. The third-order valence-electron chi connectivity index (χ3n) is 4.12. The lowest BCUT2D eigenvalue weighted by Gasteiger charge is -2.09. The fourth-order valence-electron chi connectivity index (χ4n) is 2.83. The van der Waals surface area contributed by atoms with Crippen LogP contribution in [0.4, 0.5) is 0 Å². The van der Waals surface area contributed by atoms with Crippen LogP contribution in [0.25, 0.3) is 22.8 Å². The maximum Gasteiger partial charge on any atom is 0.167 e. The van der Waals surface area contributed by atoms with Crippen molar-refractivity contribution in [3.63, 3.8) is 0 Å². The maximum atomic E-state index is 10.3. The second kappa shape index (κ2) is 7.40. The standard InChI is InChI=1S/C20H21N3O2/c1-13-5-7-16(14(2)10-13)19-21-12-22-20(23-19)17-8-6-15(4-3-9-24)11-18(17)25/h5-8,10-12,24-25H,3-4,9H2,1-2H3. The third-order valence-corrected chi connectivity index (χ3v) is 4.12. The van der Waals surface area contributed by atoms with Gasteiger partial charge in [-0.2, -0.15) is 0 Å². The van der Waals surface area contributed by atoms with Crippen LogP contribution in [0.1, 0.15) is 23.1 Å². The summed E-state index contributed by atoms with van der Waals surface area (Å²) in [6.45, 7) is 4.21. The van der Waals surface area contributed by atoms with Crippen LogP contribution in [0.3, 0.4) is 0 Å². The Bertz CT molecular complexity index is 894. The second-order valence-electron chi connectivity index (χ2n) is 6.13. The normalized spacial score (nSPS) is 10.8. The Labute approximate surface area is 147 Å². The average molecular weight is 335 g/mol. The van der Waals surface area contributed by atoms with Crippen molar-refractivity contribution >= 4 is 0 Å². The molecule has 0 unspecified atom stereocenters. The molecule has 0 atom stereocenters. The lowest BCUT2D eigenvalue weighted by molar-refractivity contribution is 0.288. The van der Waals surface area contributed by atoms with Crippen LogP contribution >= 0.6 is 0 Å². The number of aryl methyl sites for hydroxylation is 3. The molecule has 128 valence electrons. The quantitative estimate of drug-likeness (QED) is 0.746. The predicted molar refractivity (Wildman–Crippen MR) is 97.2 cm³/mol. The molecule has 3 aromatic rings. The molecular formula is C20H21N3O2. The molecular weight excluding hydrogens is 314 g/mol. The Morgan fingerprint density at radius 1 is 0.920 bits per heavy atom. The first-order valence-electron chi connectivity index (χ1n) is 8.28. The van der Waals surface area contributed by atoms with Crippen LogP contribution in [0, 0.1) is 13.8 Å². The van der Waals surface area contributed by atoms with Gasteiger partial charge in [0.25, 0.3) is 0 Å². The summed E-state index contributed by atoms with van der Waals surface area (Å²) in [6, 6.07) is 11.5. The number of aliphatic hydroxyl groups is 1. The van der Waals surface area contributed by atoms with Gasteiger partial charge < -0.3 is 10.2 Å². The van der Waals surface area contributed by atoms with Crippen molar-refractivity contribution in [2.45, 2.75) is 26.7 Å². The van der Waals surface area contributed by atoms with E-state index in [1.807, 2.05) is 38.1 Å². The predicted octanol–water partition coefficient (Wildman–Crippen LogP) is 3.45. The maximum absolute atomic E-state index is 10.3. The fraction of sp³-hybridized carbons (Fsp3) is 0.250. The molecule has 25 heavy (non-hydrogen) atoms. The first kappa shape index (κ1) is 17.0. The van der Waals surface area contributed by atoms with Gasteiger partial charge in [-0.3, -0.25) is 0 Å². The van der Waals surface area contributed by atoms with Crippen molar-refractivity contribution in [2.24, 2.45) is 0 Å². The minimum absolute atomic E-state index is 0.133. The van der Waals surface area contributed by atoms with E-state index in [1.54, 1.807) is 6.07 Å².